The van der Waals surface area contributed by atoms with E-state index in [2.05, 4.69) is 4.74 Å². The van der Waals surface area contributed by atoms with Crippen LogP contribution in [0, 0.1) is 0 Å². The van der Waals surface area contributed by atoms with E-state index < -0.39 is 37.4 Å². The van der Waals surface area contributed by atoms with Gasteiger partial charge in [-0.1, -0.05) is 0 Å². The third-order valence-corrected chi connectivity index (χ3v) is 1.82. The van der Waals surface area contributed by atoms with Crippen molar-refractivity contribution in [2.45, 2.75) is 30.8 Å². The summed E-state index contributed by atoms with van der Waals surface area (Å²) in [5.41, 5.74) is 0. The Morgan fingerprint density at radius 1 is 1.17 bits per heavy atom. The number of aliphatic hydroxyl groups is 4. The van der Waals surface area contributed by atoms with Crippen LogP contribution >= 0.6 is 0 Å². The van der Waals surface area contributed by atoms with E-state index in [4.69, 9.17) is 20.4 Å². The maximum atomic E-state index is 12.7. The van der Waals surface area contributed by atoms with E-state index in [0.29, 0.717) is 0 Å². The molecule has 0 aliphatic carbocycles. The van der Waals surface area contributed by atoms with Crippen molar-refractivity contribution < 1.29 is 29.6 Å². The second kappa shape index (κ2) is 3.63. The van der Waals surface area contributed by atoms with Gasteiger partial charge in [0.1, 0.15) is 18.3 Å². The van der Waals surface area contributed by atoms with Crippen LogP contribution < -0.4 is 0 Å². The second-order valence-corrected chi connectivity index (χ2v) is 2.67. The normalized spacial score (nSPS) is 49.2. The van der Waals surface area contributed by atoms with Crippen molar-refractivity contribution in [3.63, 3.8) is 0 Å². The molecule has 0 spiro atoms. The summed E-state index contributed by atoms with van der Waals surface area (Å²) in [5, 5.41) is 35.3. The van der Waals surface area contributed by atoms with Gasteiger partial charge in [-0.25, -0.2) is 4.39 Å². The van der Waals surface area contributed by atoms with Crippen LogP contribution in [0.25, 0.3) is 0 Å². The first kappa shape index (κ1) is 9.82. The summed E-state index contributed by atoms with van der Waals surface area (Å²) in [6.07, 6.45) is -8.19. The van der Waals surface area contributed by atoms with Crippen molar-refractivity contribution in [3.8, 4) is 0 Å². The molecule has 5 nitrogen and oxygen atoms in total. The van der Waals surface area contributed by atoms with Gasteiger partial charge in [0.05, 0.1) is 6.61 Å². The van der Waals surface area contributed by atoms with E-state index in [1.807, 2.05) is 0 Å². The molecule has 4 N–H and O–H groups in total. The highest BCUT2D eigenvalue weighted by atomic mass is 18.2. The fraction of sp³-hybridized carbons (Fsp3) is 1.00. The predicted molar refractivity (Wildman–Crippen MR) is 34.9 cm³/mol. The van der Waals surface area contributed by atoms with Gasteiger partial charge in [0, 0.05) is 0 Å². The Morgan fingerprint density at radius 3 is 2.25 bits per heavy atom. The van der Waals surface area contributed by atoms with Crippen LogP contribution in [-0.2, 0) is 4.74 Å². The molecule has 1 heterocycles. The Morgan fingerprint density at radius 2 is 1.75 bits per heavy atom. The zero-order valence-corrected chi connectivity index (χ0v) is 6.17. The summed E-state index contributed by atoms with van der Waals surface area (Å²) in [5.74, 6) is 0. The fourth-order valence-electron chi connectivity index (χ4n) is 1.06. The fourth-order valence-corrected chi connectivity index (χ4v) is 1.06. The Hall–Kier alpha value is -0.270. The van der Waals surface area contributed by atoms with Gasteiger partial charge in [0.2, 0.25) is 0 Å². The number of ether oxygens (including phenoxy) is 1. The summed E-state index contributed by atoms with van der Waals surface area (Å²) in [4.78, 5) is 0. The Labute approximate surface area is 68.0 Å². The average molecular weight is 181 g/mol. The van der Waals surface area contributed by atoms with Crippen molar-refractivity contribution in [1.29, 1.82) is 0 Å². The molecule has 72 valence electrons. The zero-order chi connectivity index (χ0) is 9.30. The molecule has 0 saturated carbocycles. The molecule has 12 heavy (non-hydrogen) atoms. The summed E-state index contributed by atoms with van der Waals surface area (Å²) in [6.45, 7) is -0.581. The highest BCUT2D eigenvalue weighted by molar-refractivity contribution is 4.88. The van der Waals surface area contributed by atoms with Crippen LogP contribution in [0.5, 0.6) is 0 Å². The lowest BCUT2D eigenvalue weighted by Gasteiger charge is -2.36. The number of aliphatic hydroxyl groups excluding tert-OH is 4. The smallest absolute Gasteiger partial charge is 0.189 e. The van der Waals surface area contributed by atoms with Gasteiger partial charge in [-0.2, -0.15) is 0 Å². The van der Waals surface area contributed by atoms with E-state index in [0.717, 1.165) is 0 Å². The molecular weight excluding hydrogens is 170 g/mol. The van der Waals surface area contributed by atoms with Crippen LogP contribution in [0.15, 0.2) is 0 Å². The standard InChI is InChI=1S/C6H11FO5/c7-3-5(10)4(9)2(1-8)12-6(3)11/h2-6,8-11H,1H2/t2?,3-,4-,5-,6+/m1/s1/i7-1. The number of halogens is 1. The minimum atomic E-state index is -2.04. The number of rotatable bonds is 1. The van der Waals surface area contributed by atoms with E-state index >= 15 is 0 Å². The van der Waals surface area contributed by atoms with Crippen molar-refractivity contribution in [1.82, 2.24) is 0 Å². The number of alkyl halides is 1. The minimum absolute atomic E-state index is 0.581. The molecule has 1 saturated heterocycles. The van der Waals surface area contributed by atoms with Crippen molar-refractivity contribution >= 4 is 0 Å². The molecule has 0 radical (unpaired) electrons. The lowest BCUT2D eigenvalue weighted by atomic mass is 10.0. The maximum Gasteiger partial charge on any atom is 0.189 e. The molecule has 6 heteroatoms. The highest BCUT2D eigenvalue weighted by Gasteiger charge is 2.43. The molecule has 0 amide bonds. The van der Waals surface area contributed by atoms with Gasteiger partial charge in [-0.15, -0.1) is 0 Å². The van der Waals surface area contributed by atoms with Crippen LogP contribution in [0.3, 0.4) is 0 Å². The maximum absolute atomic E-state index is 12.7. The molecule has 0 bridgehead atoms. The number of hydrogen-bond acceptors (Lipinski definition) is 5. The molecular formula is C6H11FO5. The van der Waals surface area contributed by atoms with E-state index in [1.165, 1.54) is 0 Å². The van der Waals surface area contributed by atoms with Gasteiger partial charge in [0.15, 0.2) is 12.5 Å². The van der Waals surface area contributed by atoms with Crippen molar-refractivity contribution in [2.24, 2.45) is 0 Å². The lowest BCUT2D eigenvalue weighted by molar-refractivity contribution is -0.271. The van der Waals surface area contributed by atoms with Gasteiger partial charge in [-0.05, 0) is 0 Å². The van der Waals surface area contributed by atoms with Crippen LogP contribution in [0.4, 0.5) is 4.39 Å². The summed E-state index contributed by atoms with van der Waals surface area (Å²) in [6, 6.07) is 0. The average Bonchev–Trinajstić information content (AvgIpc) is 2.08. The van der Waals surface area contributed by atoms with Gasteiger partial charge in [-0.3, -0.25) is 0 Å². The summed E-state index contributed by atoms with van der Waals surface area (Å²) >= 11 is 0. The van der Waals surface area contributed by atoms with Gasteiger partial charge in [0.25, 0.3) is 0 Å². The molecule has 1 aliphatic rings. The topological polar surface area (TPSA) is 90.2 Å². The Kier molecular flexibility index (Phi) is 2.97. The quantitative estimate of drug-likeness (QED) is 0.367. The van der Waals surface area contributed by atoms with Gasteiger partial charge >= 0.3 is 0 Å². The monoisotopic (exact) mass is 181 g/mol. The summed E-state index contributed by atoms with van der Waals surface area (Å²) in [7, 11) is 0. The van der Waals surface area contributed by atoms with Crippen LogP contribution in [0.2, 0.25) is 0 Å². The molecule has 1 rings (SSSR count). The Bertz CT molecular complexity index is 150. The SMILES string of the molecule is OCC1O[C@H](O)[C@H]([18F])[C@@H](O)[C@@H]1O. The van der Waals surface area contributed by atoms with Gasteiger partial charge < -0.3 is 25.2 Å². The zero-order valence-electron chi connectivity index (χ0n) is 6.17. The minimum Gasteiger partial charge on any atom is -0.394 e. The molecule has 0 aromatic carbocycles. The lowest BCUT2D eigenvalue weighted by Crippen LogP contribution is -2.56. The van der Waals surface area contributed by atoms with E-state index in [9.17, 15) is 4.39 Å². The first-order valence-corrected chi connectivity index (χ1v) is 3.52. The second-order valence-electron chi connectivity index (χ2n) is 2.67. The number of hydrogen-bond donors (Lipinski definition) is 4. The molecule has 0 aromatic heterocycles. The van der Waals surface area contributed by atoms with Crippen LogP contribution in [-0.4, -0.2) is 57.8 Å². The van der Waals surface area contributed by atoms with Crippen molar-refractivity contribution in [3.05, 3.63) is 0 Å². The van der Waals surface area contributed by atoms with E-state index in [1.54, 1.807) is 0 Å². The highest BCUT2D eigenvalue weighted by Crippen LogP contribution is 2.21. The van der Waals surface area contributed by atoms with Crippen molar-refractivity contribution in [2.75, 3.05) is 6.61 Å². The van der Waals surface area contributed by atoms with Crippen LogP contribution in [0.1, 0.15) is 0 Å². The summed E-state index contributed by atoms with van der Waals surface area (Å²) < 4.78 is 17.1. The Balaban J connectivity index is 2.63. The molecule has 5 atom stereocenters. The molecule has 0 aromatic rings. The third-order valence-electron chi connectivity index (χ3n) is 1.82. The first-order valence-electron chi connectivity index (χ1n) is 3.52. The molecule has 1 aliphatic heterocycles. The molecule has 1 fully saturated rings. The van der Waals surface area contributed by atoms with E-state index in [-0.39, 0.29) is 0 Å². The largest absolute Gasteiger partial charge is 0.394 e. The predicted octanol–water partition coefficient (Wildman–Crippen LogP) is -2.24. The third kappa shape index (κ3) is 1.57. The first-order chi connectivity index (χ1) is 5.57. The molecule has 1 unspecified atom stereocenters.